The van der Waals surface area contributed by atoms with Crippen LogP contribution >= 0.6 is 23.2 Å². The van der Waals surface area contributed by atoms with Crippen molar-refractivity contribution in [3.8, 4) is 5.75 Å². The van der Waals surface area contributed by atoms with E-state index in [1.807, 2.05) is 24.3 Å². The van der Waals surface area contributed by atoms with Gasteiger partial charge in [-0.05, 0) is 36.4 Å². The first-order valence-electron chi connectivity index (χ1n) is 8.80. The minimum atomic E-state index is -0.288. The van der Waals surface area contributed by atoms with Crippen molar-refractivity contribution in [1.29, 1.82) is 0 Å². The number of para-hydroxylation sites is 1. The summed E-state index contributed by atoms with van der Waals surface area (Å²) in [5.74, 6) is 0.929. The van der Waals surface area contributed by atoms with Crippen LogP contribution in [0.2, 0.25) is 10.0 Å². The molecule has 5 nitrogen and oxygen atoms in total. The van der Waals surface area contributed by atoms with Gasteiger partial charge in [-0.15, -0.1) is 0 Å². The van der Waals surface area contributed by atoms with Gasteiger partial charge in [0.1, 0.15) is 12.4 Å². The van der Waals surface area contributed by atoms with Crippen molar-refractivity contribution in [3.63, 3.8) is 0 Å². The minimum absolute atomic E-state index is 0.0419. The summed E-state index contributed by atoms with van der Waals surface area (Å²) < 4.78 is 7.02. The summed E-state index contributed by atoms with van der Waals surface area (Å²) in [6, 6.07) is 21.4. The molecule has 4 rings (SSSR count). The highest BCUT2D eigenvalue weighted by molar-refractivity contribution is 6.33. The number of fused-ring (bicyclic) bond motifs is 1. The molecule has 0 spiro atoms. The summed E-state index contributed by atoms with van der Waals surface area (Å²) in [5.41, 5.74) is 0.978. The standard InChI is InChI=1S/C22H15Cl2N3O2/c23-16-7-5-8-17(12-16)29-14-21-26-20-11-4-2-9-18(20)22(28)27(21)25-13-15-6-1-3-10-19(15)24/h1-13H,14H2. The molecule has 0 radical (unpaired) electrons. The molecule has 0 saturated heterocycles. The third kappa shape index (κ3) is 4.31. The number of hydrogen-bond donors (Lipinski definition) is 0. The molecule has 4 aromatic rings. The largest absolute Gasteiger partial charge is 0.486 e. The van der Waals surface area contributed by atoms with E-state index in [0.29, 0.717) is 38.1 Å². The average molecular weight is 424 g/mol. The molecule has 1 aromatic heterocycles. The predicted octanol–water partition coefficient (Wildman–Crippen LogP) is 5.16. The van der Waals surface area contributed by atoms with E-state index in [-0.39, 0.29) is 12.2 Å². The molecule has 0 N–H and O–H groups in total. The molecule has 0 aliphatic rings. The van der Waals surface area contributed by atoms with Crippen LogP contribution in [0.4, 0.5) is 0 Å². The van der Waals surface area contributed by atoms with Crippen LogP contribution in [0.5, 0.6) is 5.75 Å². The monoisotopic (exact) mass is 423 g/mol. The first kappa shape index (κ1) is 19.2. The van der Waals surface area contributed by atoms with Crippen LogP contribution in [0.3, 0.4) is 0 Å². The van der Waals surface area contributed by atoms with E-state index < -0.39 is 0 Å². The zero-order chi connectivity index (χ0) is 20.2. The first-order valence-corrected chi connectivity index (χ1v) is 9.55. The summed E-state index contributed by atoms with van der Waals surface area (Å²) >= 11 is 12.2. The van der Waals surface area contributed by atoms with Crippen LogP contribution < -0.4 is 10.3 Å². The number of nitrogens with zero attached hydrogens (tertiary/aromatic N) is 3. The summed E-state index contributed by atoms with van der Waals surface area (Å²) in [6.07, 6.45) is 1.53. The minimum Gasteiger partial charge on any atom is -0.486 e. The second-order valence-corrected chi connectivity index (χ2v) is 7.02. The number of ether oxygens (including phenoxy) is 1. The number of aromatic nitrogens is 2. The number of halogens is 2. The topological polar surface area (TPSA) is 56.5 Å². The van der Waals surface area contributed by atoms with E-state index in [4.69, 9.17) is 27.9 Å². The van der Waals surface area contributed by atoms with Crippen LogP contribution in [0, 0.1) is 0 Å². The van der Waals surface area contributed by atoms with Gasteiger partial charge < -0.3 is 4.74 Å². The molecule has 0 bridgehead atoms. The van der Waals surface area contributed by atoms with Gasteiger partial charge in [-0.1, -0.05) is 59.6 Å². The van der Waals surface area contributed by atoms with E-state index >= 15 is 0 Å². The second kappa shape index (κ2) is 8.47. The Morgan fingerprint density at radius 1 is 1.00 bits per heavy atom. The van der Waals surface area contributed by atoms with Crippen molar-refractivity contribution < 1.29 is 4.74 Å². The average Bonchev–Trinajstić information content (AvgIpc) is 2.73. The molecule has 0 aliphatic carbocycles. The Kier molecular flexibility index (Phi) is 5.60. The van der Waals surface area contributed by atoms with Crippen LogP contribution in [-0.4, -0.2) is 15.9 Å². The van der Waals surface area contributed by atoms with Crippen molar-refractivity contribution in [3.05, 3.63) is 105 Å². The molecule has 1 heterocycles. The Hall–Kier alpha value is -3.15. The Bertz CT molecular complexity index is 1270. The van der Waals surface area contributed by atoms with Crippen LogP contribution in [0.1, 0.15) is 11.4 Å². The van der Waals surface area contributed by atoms with Gasteiger partial charge in [-0.3, -0.25) is 4.79 Å². The summed E-state index contributed by atoms with van der Waals surface area (Å²) in [5, 5.41) is 5.91. The number of rotatable bonds is 5. The molecule has 7 heteroatoms. The third-order valence-corrected chi connectivity index (χ3v) is 4.78. The van der Waals surface area contributed by atoms with Gasteiger partial charge in [0, 0.05) is 15.6 Å². The highest BCUT2D eigenvalue weighted by Gasteiger charge is 2.11. The number of hydrogen-bond acceptors (Lipinski definition) is 4. The Labute approximate surface area is 176 Å². The molecular weight excluding hydrogens is 409 g/mol. The van der Waals surface area contributed by atoms with Gasteiger partial charge in [0.2, 0.25) is 0 Å². The maximum atomic E-state index is 13.0. The van der Waals surface area contributed by atoms with E-state index in [2.05, 4.69) is 10.1 Å². The molecule has 3 aromatic carbocycles. The Morgan fingerprint density at radius 3 is 2.62 bits per heavy atom. The summed E-state index contributed by atoms with van der Waals surface area (Å²) in [7, 11) is 0. The normalized spacial score (nSPS) is 11.2. The van der Waals surface area contributed by atoms with E-state index in [1.54, 1.807) is 48.5 Å². The van der Waals surface area contributed by atoms with Crippen molar-refractivity contribution >= 4 is 40.3 Å². The fourth-order valence-corrected chi connectivity index (χ4v) is 3.15. The van der Waals surface area contributed by atoms with E-state index in [0.717, 1.165) is 0 Å². The quantitative estimate of drug-likeness (QED) is 0.416. The molecule has 0 fully saturated rings. The highest BCUT2D eigenvalue weighted by atomic mass is 35.5. The third-order valence-electron chi connectivity index (χ3n) is 4.20. The maximum absolute atomic E-state index is 13.0. The maximum Gasteiger partial charge on any atom is 0.282 e. The van der Waals surface area contributed by atoms with Crippen LogP contribution in [0.25, 0.3) is 10.9 Å². The predicted molar refractivity (Wildman–Crippen MR) is 116 cm³/mol. The van der Waals surface area contributed by atoms with Crippen molar-refractivity contribution in [2.75, 3.05) is 0 Å². The lowest BCUT2D eigenvalue weighted by Crippen LogP contribution is -2.23. The van der Waals surface area contributed by atoms with Crippen LogP contribution in [0.15, 0.2) is 82.7 Å². The molecule has 0 aliphatic heterocycles. The number of benzene rings is 3. The highest BCUT2D eigenvalue weighted by Crippen LogP contribution is 2.19. The summed E-state index contributed by atoms with van der Waals surface area (Å²) in [4.78, 5) is 17.6. The van der Waals surface area contributed by atoms with Gasteiger partial charge in [0.05, 0.1) is 17.1 Å². The Morgan fingerprint density at radius 2 is 1.79 bits per heavy atom. The lowest BCUT2D eigenvalue weighted by atomic mass is 10.2. The molecule has 0 unspecified atom stereocenters. The van der Waals surface area contributed by atoms with E-state index in [1.165, 1.54) is 10.9 Å². The molecule has 0 saturated carbocycles. The van der Waals surface area contributed by atoms with Crippen molar-refractivity contribution in [2.45, 2.75) is 6.61 Å². The van der Waals surface area contributed by atoms with Crippen LogP contribution in [-0.2, 0) is 6.61 Å². The fourth-order valence-electron chi connectivity index (χ4n) is 2.79. The lowest BCUT2D eigenvalue weighted by Gasteiger charge is -2.11. The fraction of sp³-hybridized carbons (Fsp3) is 0.0455. The smallest absolute Gasteiger partial charge is 0.282 e. The summed E-state index contributed by atoms with van der Waals surface area (Å²) in [6.45, 7) is 0.0419. The SMILES string of the molecule is O=c1c2ccccc2nc(COc2cccc(Cl)c2)n1N=Cc1ccccc1Cl. The molecule has 0 amide bonds. The second-order valence-electron chi connectivity index (χ2n) is 6.17. The molecule has 29 heavy (non-hydrogen) atoms. The Balaban J connectivity index is 1.76. The molecular formula is C22H15Cl2N3O2. The van der Waals surface area contributed by atoms with Crippen molar-refractivity contribution in [2.24, 2.45) is 5.10 Å². The van der Waals surface area contributed by atoms with Gasteiger partial charge >= 0.3 is 0 Å². The van der Waals surface area contributed by atoms with E-state index in [9.17, 15) is 4.79 Å². The molecule has 144 valence electrons. The zero-order valence-electron chi connectivity index (χ0n) is 15.1. The van der Waals surface area contributed by atoms with Gasteiger partial charge in [-0.25, -0.2) is 4.98 Å². The molecule has 0 atom stereocenters. The zero-order valence-corrected chi connectivity index (χ0v) is 16.6. The lowest BCUT2D eigenvalue weighted by molar-refractivity contribution is 0.289. The van der Waals surface area contributed by atoms with Gasteiger partial charge in [0.25, 0.3) is 5.56 Å². The van der Waals surface area contributed by atoms with Gasteiger partial charge in [-0.2, -0.15) is 9.78 Å². The van der Waals surface area contributed by atoms with Gasteiger partial charge in [0.15, 0.2) is 5.82 Å². The first-order chi connectivity index (χ1) is 14.1. The van der Waals surface area contributed by atoms with Crippen molar-refractivity contribution in [1.82, 2.24) is 9.66 Å².